The number of hydrogen-bond acceptors (Lipinski definition) is 6. The zero-order valence-corrected chi connectivity index (χ0v) is 16.8. The molecule has 0 aliphatic heterocycles. The van der Waals surface area contributed by atoms with Crippen LogP contribution >= 0.6 is 0 Å². The molecule has 0 saturated heterocycles. The first-order valence-electron chi connectivity index (χ1n) is 8.24. The van der Waals surface area contributed by atoms with Crippen LogP contribution in [0.3, 0.4) is 0 Å². The van der Waals surface area contributed by atoms with Crippen molar-refractivity contribution in [3.63, 3.8) is 0 Å². The van der Waals surface area contributed by atoms with E-state index in [9.17, 15) is 18.0 Å². The summed E-state index contributed by atoms with van der Waals surface area (Å²) in [6, 6.07) is 11.8. The van der Waals surface area contributed by atoms with Crippen molar-refractivity contribution in [2.45, 2.75) is 6.04 Å². The van der Waals surface area contributed by atoms with Gasteiger partial charge in [0.05, 0.1) is 31.7 Å². The summed E-state index contributed by atoms with van der Waals surface area (Å²) in [5.41, 5.74) is 0.931. The molecule has 1 amide bonds. The van der Waals surface area contributed by atoms with Crippen molar-refractivity contribution < 1.29 is 27.5 Å². The fraction of sp³-hybridized carbons (Fsp3) is 0.263. The highest BCUT2D eigenvalue weighted by Crippen LogP contribution is 2.29. The number of ether oxygens (including phenoxy) is 2. The quantitative estimate of drug-likeness (QED) is 0.706. The van der Waals surface area contributed by atoms with Crippen LogP contribution < -0.4 is 10.1 Å². The second-order valence-corrected chi connectivity index (χ2v) is 8.03. The molecule has 2 aromatic carbocycles. The number of amides is 1. The molecule has 2 aromatic rings. The van der Waals surface area contributed by atoms with Gasteiger partial charge in [0.15, 0.2) is 0 Å². The molecule has 0 radical (unpaired) electrons. The molecule has 150 valence electrons. The lowest BCUT2D eigenvalue weighted by atomic mass is 10.1. The molecule has 28 heavy (non-hydrogen) atoms. The van der Waals surface area contributed by atoms with Crippen LogP contribution in [0.4, 0.5) is 5.69 Å². The maximum absolute atomic E-state index is 13.0. The summed E-state index contributed by atoms with van der Waals surface area (Å²) in [5, 5.41) is 2.65. The average molecular weight is 406 g/mol. The highest BCUT2D eigenvalue weighted by molar-refractivity contribution is 7.88. The van der Waals surface area contributed by atoms with E-state index in [1.807, 2.05) is 0 Å². The van der Waals surface area contributed by atoms with Gasteiger partial charge in [-0.3, -0.25) is 4.79 Å². The first kappa shape index (κ1) is 21.4. The van der Waals surface area contributed by atoms with Crippen LogP contribution in [-0.2, 0) is 19.6 Å². The van der Waals surface area contributed by atoms with Crippen molar-refractivity contribution in [3.8, 4) is 5.75 Å². The number of carbonyl (C=O) groups is 2. The van der Waals surface area contributed by atoms with E-state index in [1.165, 1.54) is 39.5 Å². The van der Waals surface area contributed by atoms with Crippen molar-refractivity contribution in [1.82, 2.24) is 4.31 Å². The van der Waals surface area contributed by atoms with Gasteiger partial charge in [-0.2, -0.15) is 4.31 Å². The molecule has 8 nitrogen and oxygen atoms in total. The van der Waals surface area contributed by atoms with Gasteiger partial charge in [0.2, 0.25) is 15.9 Å². The van der Waals surface area contributed by atoms with Gasteiger partial charge in [0.25, 0.3) is 0 Å². The monoisotopic (exact) mass is 406 g/mol. The van der Waals surface area contributed by atoms with Crippen molar-refractivity contribution in [2.75, 3.05) is 32.8 Å². The van der Waals surface area contributed by atoms with Gasteiger partial charge in [-0.15, -0.1) is 0 Å². The number of sulfonamides is 1. The number of hydrogen-bond donors (Lipinski definition) is 1. The number of likely N-dealkylation sites (N-methyl/N-ethyl adjacent to an activating group) is 1. The molecule has 0 heterocycles. The molecule has 0 spiro atoms. The van der Waals surface area contributed by atoms with E-state index < -0.39 is 27.9 Å². The Morgan fingerprint density at radius 3 is 2.25 bits per heavy atom. The van der Waals surface area contributed by atoms with Crippen molar-refractivity contribution in [3.05, 3.63) is 59.7 Å². The minimum absolute atomic E-state index is 0.214. The zero-order chi connectivity index (χ0) is 20.9. The Kier molecular flexibility index (Phi) is 6.76. The molecule has 0 unspecified atom stereocenters. The fourth-order valence-electron chi connectivity index (χ4n) is 2.60. The van der Waals surface area contributed by atoms with Gasteiger partial charge in [-0.1, -0.05) is 30.3 Å². The maximum atomic E-state index is 13.0. The number of esters is 1. The van der Waals surface area contributed by atoms with E-state index >= 15 is 0 Å². The SMILES string of the molecule is COC(=O)c1ccc(OC)c(NC(=O)[C@H](c2ccccc2)N(C)S(C)(=O)=O)c1. The van der Waals surface area contributed by atoms with Gasteiger partial charge < -0.3 is 14.8 Å². The lowest BCUT2D eigenvalue weighted by Crippen LogP contribution is -2.38. The zero-order valence-electron chi connectivity index (χ0n) is 16.0. The van der Waals surface area contributed by atoms with E-state index in [-0.39, 0.29) is 11.3 Å². The number of carbonyl (C=O) groups excluding carboxylic acids is 2. The number of rotatable bonds is 7. The van der Waals surface area contributed by atoms with Crippen molar-refractivity contribution in [1.29, 1.82) is 0 Å². The molecule has 0 saturated carbocycles. The highest BCUT2D eigenvalue weighted by Gasteiger charge is 2.31. The first-order chi connectivity index (χ1) is 13.2. The van der Waals surface area contributed by atoms with Crippen molar-refractivity contribution >= 4 is 27.6 Å². The van der Waals surface area contributed by atoms with E-state index in [1.54, 1.807) is 30.3 Å². The average Bonchev–Trinajstić information content (AvgIpc) is 2.67. The highest BCUT2D eigenvalue weighted by atomic mass is 32.2. The number of anilines is 1. The summed E-state index contributed by atoms with van der Waals surface area (Å²) in [4.78, 5) is 24.8. The number of benzene rings is 2. The Labute approximate surface area is 164 Å². The van der Waals surface area contributed by atoms with Crippen LogP contribution in [0.1, 0.15) is 22.0 Å². The summed E-state index contributed by atoms with van der Waals surface area (Å²) in [6.45, 7) is 0. The fourth-order valence-corrected chi connectivity index (χ4v) is 3.21. The van der Waals surface area contributed by atoms with Gasteiger partial charge in [-0.25, -0.2) is 13.2 Å². The second-order valence-electron chi connectivity index (χ2n) is 5.99. The van der Waals surface area contributed by atoms with Gasteiger partial charge in [-0.05, 0) is 23.8 Å². The number of methoxy groups -OCH3 is 2. The van der Waals surface area contributed by atoms with Gasteiger partial charge in [0, 0.05) is 7.05 Å². The molecule has 0 fully saturated rings. The Balaban J connectivity index is 2.45. The standard InChI is InChI=1S/C19H22N2O6S/c1-21(28(4,24)25)17(13-8-6-5-7-9-13)18(22)20-15-12-14(19(23)27-3)10-11-16(15)26-2/h5-12,17H,1-4H3,(H,20,22)/t17-/m0/s1. The van der Waals surface area contributed by atoms with Crippen LogP contribution in [-0.4, -0.2) is 52.1 Å². The topological polar surface area (TPSA) is 102 Å². The summed E-state index contributed by atoms with van der Waals surface area (Å²) in [6.07, 6.45) is 1.02. The molecular formula is C19H22N2O6S. The summed E-state index contributed by atoms with van der Waals surface area (Å²) in [5.74, 6) is -0.861. The molecule has 0 aliphatic carbocycles. The predicted octanol–water partition coefficient (Wildman–Crippen LogP) is 2.05. The number of nitrogens with one attached hydrogen (secondary N) is 1. The Morgan fingerprint density at radius 2 is 1.71 bits per heavy atom. The Hall–Kier alpha value is -2.91. The van der Waals surface area contributed by atoms with Crippen LogP contribution in [0.5, 0.6) is 5.75 Å². The lowest BCUT2D eigenvalue weighted by molar-refractivity contribution is -0.119. The second kappa shape index (κ2) is 8.85. The predicted molar refractivity (Wildman–Crippen MR) is 105 cm³/mol. The van der Waals surface area contributed by atoms with Gasteiger partial charge >= 0.3 is 5.97 Å². The first-order valence-corrected chi connectivity index (χ1v) is 10.1. The summed E-state index contributed by atoms with van der Waals surface area (Å²) < 4.78 is 35.0. The minimum Gasteiger partial charge on any atom is -0.495 e. The van der Waals surface area contributed by atoms with E-state index in [4.69, 9.17) is 4.74 Å². The molecule has 1 N–H and O–H groups in total. The van der Waals surface area contributed by atoms with E-state index in [0.717, 1.165) is 10.6 Å². The molecule has 0 bridgehead atoms. The molecule has 0 aliphatic rings. The third-order valence-electron chi connectivity index (χ3n) is 4.13. The van der Waals surface area contributed by atoms with Crippen LogP contribution in [0, 0.1) is 0 Å². The summed E-state index contributed by atoms with van der Waals surface area (Å²) in [7, 11) is 0.331. The summed E-state index contributed by atoms with van der Waals surface area (Å²) >= 11 is 0. The normalized spacial score (nSPS) is 12.3. The van der Waals surface area contributed by atoms with Crippen molar-refractivity contribution in [2.24, 2.45) is 0 Å². The smallest absolute Gasteiger partial charge is 0.337 e. The minimum atomic E-state index is -3.66. The third-order valence-corrected chi connectivity index (χ3v) is 5.39. The molecular weight excluding hydrogens is 384 g/mol. The van der Waals surface area contributed by atoms with E-state index in [0.29, 0.717) is 11.3 Å². The Morgan fingerprint density at radius 1 is 1.07 bits per heavy atom. The van der Waals surface area contributed by atoms with Crippen LogP contribution in [0.15, 0.2) is 48.5 Å². The van der Waals surface area contributed by atoms with Gasteiger partial charge in [0.1, 0.15) is 11.8 Å². The molecule has 1 atom stereocenters. The lowest BCUT2D eigenvalue weighted by Gasteiger charge is -2.26. The third kappa shape index (κ3) is 4.87. The molecule has 0 aromatic heterocycles. The largest absolute Gasteiger partial charge is 0.495 e. The molecule has 2 rings (SSSR count). The van der Waals surface area contributed by atoms with Crippen LogP contribution in [0.2, 0.25) is 0 Å². The van der Waals surface area contributed by atoms with E-state index in [2.05, 4.69) is 10.1 Å². The van der Waals surface area contributed by atoms with Crippen LogP contribution in [0.25, 0.3) is 0 Å². The maximum Gasteiger partial charge on any atom is 0.337 e. The number of nitrogens with zero attached hydrogens (tertiary/aromatic N) is 1. The Bertz CT molecular complexity index is 960. The molecule has 9 heteroatoms.